The summed E-state index contributed by atoms with van der Waals surface area (Å²) >= 11 is 0. The SMILES string of the molecule is C=C(C)CN=C(NCCc1ccco1)NC(COC)C1CC1. The highest BCUT2D eigenvalue weighted by molar-refractivity contribution is 5.80. The molecule has 1 unspecified atom stereocenters. The van der Waals surface area contributed by atoms with E-state index in [4.69, 9.17) is 9.15 Å². The van der Waals surface area contributed by atoms with Gasteiger partial charge in [-0.25, -0.2) is 4.99 Å². The molecule has 1 fully saturated rings. The van der Waals surface area contributed by atoms with Crippen LogP contribution in [0, 0.1) is 5.92 Å². The van der Waals surface area contributed by atoms with Gasteiger partial charge >= 0.3 is 0 Å². The van der Waals surface area contributed by atoms with Gasteiger partial charge in [0.2, 0.25) is 0 Å². The van der Waals surface area contributed by atoms with Crippen molar-refractivity contribution in [3.05, 3.63) is 36.3 Å². The third kappa shape index (κ3) is 5.93. The summed E-state index contributed by atoms with van der Waals surface area (Å²) in [7, 11) is 1.74. The molecule has 0 radical (unpaired) electrons. The average Bonchev–Trinajstić information content (AvgIpc) is 3.21. The molecule has 0 aromatic carbocycles. The lowest BCUT2D eigenvalue weighted by atomic mass is 10.2. The van der Waals surface area contributed by atoms with Crippen LogP contribution in [-0.2, 0) is 11.2 Å². The van der Waals surface area contributed by atoms with Crippen molar-refractivity contribution in [2.75, 3.05) is 26.8 Å². The number of hydrogen-bond acceptors (Lipinski definition) is 3. The van der Waals surface area contributed by atoms with Gasteiger partial charge in [0.1, 0.15) is 5.76 Å². The van der Waals surface area contributed by atoms with Crippen molar-refractivity contribution >= 4 is 5.96 Å². The first kappa shape index (κ1) is 16.6. The van der Waals surface area contributed by atoms with Gasteiger partial charge in [0.25, 0.3) is 0 Å². The van der Waals surface area contributed by atoms with Gasteiger partial charge in [-0.1, -0.05) is 12.2 Å². The summed E-state index contributed by atoms with van der Waals surface area (Å²) in [6.45, 7) is 8.00. The van der Waals surface area contributed by atoms with Crippen molar-refractivity contribution in [3.8, 4) is 0 Å². The van der Waals surface area contributed by atoms with E-state index in [1.54, 1.807) is 13.4 Å². The molecular formula is C17H27N3O2. The molecule has 1 atom stereocenters. The van der Waals surface area contributed by atoms with Gasteiger partial charge in [0, 0.05) is 20.1 Å². The number of aliphatic imine (C=N–C) groups is 1. The molecule has 22 heavy (non-hydrogen) atoms. The molecule has 0 saturated heterocycles. The molecule has 1 saturated carbocycles. The Balaban J connectivity index is 1.86. The number of rotatable bonds is 9. The van der Waals surface area contributed by atoms with E-state index < -0.39 is 0 Å². The molecule has 0 aliphatic heterocycles. The van der Waals surface area contributed by atoms with Crippen molar-refractivity contribution in [1.29, 1.82) is 0 Å². The number of methoxy groups -OCH3 is 1. The zero-order valence-corrected chi connectivity index (χ0v) is 13.6. The maximum atomic E-state index is 5.35. The van der Waals surface area contributed by atoms with Crippen LogP contribution < -0.4 is 10.6 Å². The first-order valence-corrected chi connectivity index (χ1v) is 7.89. The van der Waals surface area contributed by atoms with E-state index in [0.29, 0.717) is 25.1 Å². The fourth-order valence-electron chi connectivity index (χ4n) is 2.27. The highest BCUT2D eigenvalue weighted by Gasteiger charge is 2.31. The van der Waals surface area contributed by atoms with Crippen LogP contribution in [0.3, 0.4) is 0 Å². The molecular weight excluding hydrogens is 278 g/mol. The van der Waals surface area contributed by atoms with E-state index in [0.717, 1.165) is 30.3 Å². The molecule has 5 heteroatoms. The van der Waals surface area contributed by atoms with Gasteiger partial charge in [0.15, 0.2) is 5.96 Å². The maximum Gasteiger partial charge on any atom is 0.191 e. The van der Waals surface area contributed by atoms with Crippen molar-refractivity contribution in [1.82, 2.24) is 10.6 Å². The molecule has 1 aromatic heterocycles. The zero-order chi connectivity index (χ0) is 15.8. The second-order valence-corrected chi connectivity index (χ2v) is 5.92. The quantitative estimate of drug-likeness (QED) is 0.418. The Labute approximate surface area is 132 Å². The molecule has 0 amide bonds. The second-order valence-electron chi connectivity index (χ2n) is 5.92. The largest absolute Gasteiger partial charge is 0.469 e. The number of furan rings is 1. The van der Waals surface area contributed by atoms with Crippen molar-refractivity contribution in [3.63, 3.8) is 0 Å². The number of nitrogens with zero attached hydrogens (tertiary/aromatic N) is 1. The van der Waals surface area contributed by atoms with E-state index in [2.05, 4.69) is 22.2 Å². The summed E-state index contributed by atoms with van der Waals surface area (Å²) in [5.74, 6) is 2.49. The Morgan fingerprint density at radius 1 is 1.55 bits per heavy atom. The summed E-state index contributed by atoms with van der Waals surface area (Å²) in [6.07, 6.45) is 5.06. The van der Waals surface area contributed by atoms with Crippen LogP contribution in [0.4, 0.5) is 0 Å². The maximum absolute atomic E-state index is 5.35. The van der Waals surface area contributed by atoms with Crippen molar-refractivity contribution in [2.24, 2.45) is 10.9 Å². The van der Waals surface area contributed by atoms with E-state index >= 15 is 0 Å². The highest BCUT2D eigenvalue weighted by atomic mass is 16.5. The predicted octanol–water partition coefficient (Wildman–Crippen LogP) is 2.36. The van der Waals surface area contributed by atoms with E-state index in [-0.39, 0.29) is 0 Å². The van der Waals surface area contributed by atoms with E-state index in [1.807, 2.05) is 19.1 Å². The average molecular weight is 305 g/mol. The van der Waals surface area contributed by atoms with Crippen molar-refractivity contribution < 1.29 is 9.15 Å². The van der Waals surface area contributed by atoms with Gasteiger partial charge in [0.05, 0.1) is 25.5 Å². The molecule has 1 aliphatic carbocycles. The van der Waals surface area contributed by atoms with Gasteiger partial charge in [-0.3, -0.25) is 0 Å². The molecule has 0 spiro atoms. The summed E-state index contributed by atoms with van der Waals surface area (Å²) in [5.41, 5.74) is 1.04. The molecule has 1 aromatic rings. The molecule has 1 heterocycles. The molecule has 122 valence electrons. The van der Waals surface area contributed by atoms with Gasteiger partial charge < -0.3 is 19.8 Å². The third-order valence-electron chi connectivity index (χ3n) is 3.61. The minimum Gasteiger partial charge on any atom is -0.469 e. The minimum absolute atomic E-state index is 0.324. The fraction of sp³-hybridized carbons (Fsp3) is 0.588. The van der Waals surface area contributed by atoms with Crippen LogP contribution in [0.5, 0.6) is 0 Å². The Morgan fingerprint density at radius 3 is 2.95 bits per heavy atom. The summed E-state index contributed by atoms with van der Waals surface area (Å²) in [6, 6.07) is 4.22. The van der Waals surface area contributed by atoms with E-state index in [9.17, 15) is 0 Å². The first-order valence-electron chi connectivity index (χ1n) is 7.89. The molecule has 2 rings (SSSR count). The van der Waals surface area contributed by atoms with Crippen LogP contribution in [0.1, 0.15) is 25.5 Å². The zero-order valence-electron chi connectivity index (χ0n) is 13.6. The van der Waals surface area contributed by atoms with Gasteiger partial charge in [-0.2, -0.15) is 0 Å². The van der Waals surface area contributed by atoms with Gasteiger partial charge in [-0.05, 0) is 37.8 Å². The molecule has 0 bridgehead atoms. The highest BCUT2D eigenvalue weighted by Crippen LogP contribution is 2.32. The molecule has 2 N–H and O–H groups in total. The van der Waals surface area contributed by atoms with Crippen molar-refractivity contribution in [2.45, 2.75) is 32.2 Å². The van der Waals surface area contributed by atoms with Crippen LogP contribution in [0.15, 0.2) is 40.0 Å². The first-order chi connectivity index (χ1) is 10.7. The van der Waals surface area contributed by atoms with Crippen LogP contribution >= 0.6 is 0 Å². The predicted molar refractivity (Wildman–Crippen MR) is 89.1 cm³/mol. The van der Waals surface area contributed by atoms with E-state index in [1.165, 1.54) is 12.8 Å². The second kappa shape index (κ2) is 8.63. The minimum atomic E-state index is 0.324. The third-order valence-corrected chi connectivity index (χ3v) is 3.61. The normalized spacial score (nSPS) is 16.4. The lowest BCUT2D eigenvalue weighted by molar-refractivity contribution is 0.165. The Bertz CT molecular complexity index is 478. The van der Waals surface area contributed by atoms with Crippen LogP contribution in [0.25, 0.3) is 0 Å². The summed E-state index contributed by atoms with van der Waals surface area (Å²) in [5, 5.41) is 6.86. The van der Waals surface area contributed by atoms with Gasteiger partial charge in [-0.15, -0.1) is 0 Å². The molecule has 5 nitrogen and oxygen atoms in total. The monoisotopic (exact) mass is 305 g/mol. The Morgan fingerprint density at radius 2 is 2.36 bits per heavy atom. The number of ether oxygens (including phenoxy) is 1. The molecule has 1 aliphatic rings. The Hall–Kier alpha value is -1.75. The number of guanidine groups is 1. The number of hydrogen-bond donors (Lipinski definition) is 2. The number of nitrogens with one attached hydrogen (secondary N) is 2. The van der Waals surface area contributed by atoms with Crippen LogP contribution in [-0.4, -0.2) is 38.8 Å². The lowest BCUT2D eigenvalue weighted by Gasteiger charge is -2.21. The topological polar surface area (TPSA) is 58.8 Å². The smallest absolute Gasteiger partial charge is 0.191 e. The summed E-state index contributed by atoms with van der Waals surface area (Å²) < 4.78 is 10.7. The standard InChI is InChI=1S/C17H27N3O2/c1-13(2)11-19-17(18-9-8-15-5-4-10-22-15)20-16(12-21-3)14-6-7-14/h4-5,10,14,16H,1,6-9,11-12H2,2-3H3,(H2,18,19,20). The van der Waals surface area contributed by atoms with Crippen LogP contribution in [0.2, 0.25) is 0 Å². The Kier molecular flexibility index (Phi) is 6.52. The lowest BCUT2D eigenvalue weighted by Crippen LogP contribution is -2.47. The summed E-state index contributed by atoms with van der Waals surface area (Å²) in [4.78, 5) is 4.58. The fourth-order valence-corrected chi connectivity index (χ4v) is 2.27.